The van der Waals surface area contributed by atoms with E-state index in [0.29, 0.717) is 34.9 Å². The maximum Gasteiger partial charge on any atom is 0.260 e. The first kappa shape index (κ1) is 19.6. The minimum absolute atomic E-state index is 0.256. The van der Waals surface area contributed by atoms with Gasteiger partial charge in [0.15, 0.2) is 5.82 Å². The van der Waals surface area contributed by atoms with Gasteiger partial charge in [0.2, 0.25) is 0 Å². The highest BCUT2D eigenvalue weighted by Gasteiger charge is 2.18. The van der Waals surface area contributed by atoms with E-state index in [2.05, 4.69) is 32.2 Å². The van der Waals surface area contributed by atoms with E-state index in [9.17, 15) is 4.79 Å². The minimum atomic E-state index is -0.256. The fourth-order valence-electron chi connectivity index (χ4n) is 3.22. The molecule has 0 saturated carbocycles. The van der Waals surface area contributed by atoms with Gasteiger partial charge in [-0.1, -0.05) is 13.3 Å². The van der Waals surface area contributed by atoms with Crippen LogP contribution in [0.1, 0.15) is 26.7 Å². The highest BCUT2D eigenvalue weighted by molar-refractivity contribution is 5.81. The molecule has 2 N–H and O–H groups in total. The van der Waals surface area contributed by atoms with Crippen molar-refractivity contribution in [1.82, 2.24) is 29.9 Å². The summed E-state index contributed by atoms with van der Waals surface area (Å²) in [6.45, 7) is 5.59. The molecule has 0 spiro atoms. The van der Waals surface area contributed by atoms with Crippen LogP contribution in [0.4, 0.5) is 0 Å². The summed E-state index contributed by atoms with van der Waals surface area (Å²) in [7, 11) is 0. The van der Waals surface area contributed by atoms with Crippen LogP contribution < -0.4 is 10.3 Å². The van der Waals surface area contributed by atoms with Crippen LogP contribution in [0.5, 0.6) is 5.75 Å². The lowest BCUT2D eigenvalue weighted by atomic mass is 10.0. The zero-order valence-corrected chi connectivity index (χ0v) is 17.1. The Morgan fingerprint density at radius 1 is 1.13 bits per heavy atom. The Balaban J connectivity index is 1.76. The van der Waals surface area contributed by atoms with Crippen LogP contribution in [-0.2, 0) is 6.54 Å². The van der Waals surface area contributed by atoms with Gasteiger partial charge in [-0.15, -0.1) is 0 Å². The van der Waals surface area contributed by atoms with E-state index in [-0.39, 0.29) is 5.56 Å². The average Bonchev–Trinajstić information content (AvgIpc) is 3.46. The molecule has 0 aliphatic rings. The molecular weight excluding hydrogens is 380 g/mol. The van der Waals surface area contributed by atoms with E-state index in [1.807, 2.05) is 54.2 Å². The van der Waals surface area contributed by atoms with Gasteiger partial charge < -0.3 is 9.72 Å². The Labute approximate surface area is 174 Å². The molecule has 0 atom stereocenters. The van der Waals surface area contributed by atoms with Crippen molar-refractivity contribution in [1.29, 1.82) is 0 Å². The summed E-state index contributed by atoms with van der Waals surface area (Å²) in [6, 6.07) is 11.5. The molecular formula is C22H24N6O2. The molecule has 154 valence electrons. The molecule has 0 radical (unpaired) electrons. The predicted octanol–water partition coefficient (Wildman–Crippen LogP) is 3.89. The SMILES string of the molecule is CCCCOc1ccc(-c2cc(-c3ccn(CC)n3)c(-c3ncn[nH]3)c(=O)[nH]2)cc1. The van der Waals surface area contributed by atoms with E-state index in [4.69, 9.17) is 4.74 Å². The topological polar surface area (TPSA) is 101 Å². The highest BCUT2D eigenvalue weighted by Crippen LogP contribution is 2.30. The van der Waals surface area contributed by atoms with Crippen LogP contribution in [-0.4, -0.2) is 36.6 Å². The fourth-order valence-corrected chi connectivity index (χ4v) is 3.22. The number of aromatic amines is 2. The van der Waals surface area contributed by atoms with Crippen molar-refractivity contribution in [3.05, 3.63) is 59.3 Å². The van der Waals surface area contributed by atoms with Crippen molar-refractivity contribution in [2.75, 3.05) is 6.61 Å². The van der Waals surface area contributed by atoms with Crippen LogP contribution in [0.3, 0.4) is 0 Å². The van der Waals surface area contributed by atoms with Gasteiger partial charge in [0.05, 0.1) is 17.9 Å². The van der Waals surface area contributed by atoms with Gasteiger partial charge in [0.1, 0.15) is 12.1 Å². The number of pyridine rings is 1. The highest BCUT2D eigenvalue weighted by atomic mass is 16.5. The molecule has 0 amide bonds. The Kier molecular flexibility index (Phi) is 5.74. The van der Waals surface area contributed by atoms with Crippen molar-refractivity contribution in [3.63, 3.8) is 0 Å². The lowest BCUT2D eigenvalue weighted by Gasteiger charge is -2.10. The molecule has 0 bridgehead atoms. The molecule has 0 fully saturated rings. The van der Waals surface area contributed by atoms with Gasteiger partial charge in [-0.25, -0.2) is 4.98 Å². The standard InChI is InChI=1S/C22H24N6O2/c1-3-5-12-30-16-8-6-15(7-9-16)19-13-17(18-10-11-28(4-2)27-18)20(22(29)25-19)21-23-14-24-26-21/h6-11,13-14H,3-5,12H2,1-2H3,(H,25,29)(H,23,24,26). The molecule has 8 heteroatoms. The maximum absolute atomic E-state index is 13.0. The molecule has 30 heavy (non-hydrogen) atoms. The summed E-state index contributed by atoms with van der Waals surface area (Å²) in [5.74, 6) is 1.22. The fraction of sp³-hybridized carbons (Fsp3) is 0.273. The number of aryl methyl sites for hydroxylation is 1. The molecule has 0 aliphatic carbocycles. The molecule has 0 aliphatic heterocycles. The van der Waals surface area contributed by atoms with Gasteiger partial charge in [-0.3, -0.25) is 14.6 Å². The summed E-state index contributed by atoms with van der Waals surface area (Å²) < 4.78 is 7.56. The van der Waals surface area contributed by atoms with Crippen molar-refractivity contribution in [3.8, 4) is 39.7 Å². The first-order valence-electron chi connectivity index (χ1n) is 10.1. The largest absolute Gasteiger partial charge is 0.494 e. The molecule has 8 nitrogen and oxygen atoms in total. The maximum atomic E-state index is 13.0. The van der Waals surface area contributed by atoms with E-state index < -0.39 is 0 Å². The molecule has 0 unspecified atom stereocenters. The van der Waals surface area contributed by atoms with Crippen LogP contribution in [0.25, 0.3) is 33.9 Å². The zero-order chi connectivity index (χ0) is 20.9. The number of unbranched alkanes of at least 4 members (excludes halogenated alkanes) is 1. The number of nitrogens with one attached hydrogen (secondary N) is 2. The smallest absolute Gasteiger partial charge is 0.260 e. The van der Waals surface area contributed by atoms with Crippen molar-refractivity contribution in [2.24, 2.45) is 0 Å². The summed E-state index contributed by atoms with van der Waals surface area (Å²) in [6.07, 6.45) is 5.39. The Hall–Kier alpha value is -3.68. The summed E-state index contributed by atoms with van der Waals surface area (Å²) >= 11 is 0. The summed E-state index contributed by atoms with van der Waals surface area (Å²) in [5, 5.41) is 11.3. The molecule has 3 aromatic heterocycles. The first-order valence-corrected chi connectivity index (χ1v) is 10.1. The Bertz CT molecular complexity index is 1160. The van der Waals surface area contributed by atoms with Gasteiger partial charge >= 0.3 is 0 Å². The first-order chi connectivity index (χ1) is 14.7. The number of aromatic nitrogens is 6. The second kappa shape index (κ2) is 8.77. The van der Waals surface area contributed by atoms with Crippen molar-refractivity contribution in [2.45, 2.75) is 33.2 Å². The predicted molar refractivity (Wildman–Crippen MR) is 115 cm³/mol. The van der Waals surface area contributed by atoms with Gasteiger partial charge in [0.25, 0.3) is 5.56 Å². The summed E-state index contributed by atoms with van der Waals surface area (Å²) in [4.78, 5) is 20.2. The number of benzene rings is 1. The van der Waals surface area contributed by atoms with E-state index in [1.54, 1.807) is 0 Å². The third-order valence-corrected chi connectivity index (χ3v) is 4.86. The van der Waals surface area contributed by atoms with Crippen LogP contribution in [0, 0.1) is 0 Å². The normalized spacial score (nSPS) is 11.0. The number of ether oxygens (including phenoxy) is 1. The molecule has 4 aromatic rings. The van der Waals surface area contributed by atoms with Crippen LogP contribution >= 0.6 is 0 Å². The van der Waals surface area contributed by atoms with Gasteiger partial charge in [-0.05, 0) is 55.3 Å². The Morgan fingerprint density at radius 3 is 2.63 bits per heavy atom. The Morgan fingerprint density at radius 2 is 1.97 bits per heavy atom. The number of H-pyrrole nitrogens is 2. The molecule has 4 rings (SSSR count). The second-order valence-electron chi connectivity index (χ2n) is 6.92. The van der Waals surface area contributed by atoms with Crippen LogP contribution in [0.2, 0.25) is 0 Å². The van der Waals surface area contributed by atoms with Crippen molar-refractivity contribution >= 4 is 0 Å². The lowest BCUT2D eigenvalue weighted by molar-refractivity contribution is 0.309. The number of hydrogen-bond donors (Lipinski definition) is 2. The average molecular weight is 404 g/mol. The number of hydrogen-bond acceptors (Lipinski definition) is 5. The second-order valence-corrected chi connectivity index (χ2v) is 6.92. The van der Waals surface area contributed by atoms with Crippen molar-refractivity contribution < 1.29 is 4.74 Å². The number of nitrogens with zero attached hydrogens (tertiary/aromatic N) is 4. The molecule has 0 saturated heterocycles. The lowest BCUT2D eigenvalue weighted by Crippen LogP contribution is -2.13. The quantitative estimate of drug-likeness (QED) is 0.434. The molecule has 3 heterocycles. The van der Waals surface area contributed by atoms with Crippen LogP contribution in [0.15, 0.2) is 53.7 Å². The van der Waals surface area contributed by atoms with Gasteiger partial charge in [0, 0.05) is 24.0 Å². The number of rotatable bonds is 8. The minimum Gasteiger partial charge on any atom is -0.494 e. The van der Waals surface area contributed by atoms with E-state index in [1.165, 1.54) is 6.33 Å². The van der Waals surface area contributed by atoms with Gasteiger partial charge in [-0.2, -0.15) is 10.2 Å². The zero-order valence-electron chi connectivity index (χ0n) is 17.1. The third kappa shape index (κ3) is 4.03. The molecule has 1 aromatic carbocycles. The monoisotopic (exact) mass is 404 g/mol. The third-order valence-electron chi connectivity index (χ3n) is 4.86. The summed E-state index contributed by atoms with van der Waals surface area (Å²) in [5.41, 5.74) is 3.14. The van der Waals surface area contributed by atoms with E-state index in [0.717, 1.165) is 30.7 Å². The van der Waals surface area contributed by atoms with E-state index >= 15 is 0 Å².